The minimum Gasteiger partial charge on any atom is -0.303 e. The first-order chi connectivity index (χ1) is 9.89. The highest BCUT2D eigenvalue weighted by Crippen LogP contribution is 2.64. The van der Waals surface area contributed by atoms with Crippen molar-refractivity contribution >= 4 is 12.6 Å². The molecule has 0 aliphatic heterocycles. The van der Waals surface area contributed by atoms with Crippen LogP contribution in [0.2, 0.25) is 0 Å². The van der Waals surface area contributed by atoms with Gasteiger partial charge in [-0.1, -0.05) is 38.8 Å². The Kier molecular flexibility index (Phi) is 3.42. The minimum atomic E-state index is -0.187. The lowest BCUT2D eigenvalue weighted by molar-refractivity contribution is -0.129. The summed E-state index contributed by atoms with van der Waals surface area (Å²) < 4.78 is 0. The van der Waals surface area contributed by atoms with Crippen LogP contribution in [0.15, 0.2) is 11.6 Å². The molecule has 0 aromatic carbocycles. The average molecular weight is 288 g/mol. The van der Waals surface area contributed by atoms with Gasteiger partial charge >= 0.3 is 0 Å². The second-order valence-corrected chi connectivity index (χ2v) is 8.40. The van der Waals surface area contributed by atoms with Crippen molar-refractivity contribution in [2.24, 2.45) is 28.1 Å². The highest BCUT2D eigenvalue weighted by Gasteiger charge is 2.56. The van der Waals surface area contributed by atoms with Crippen LogP contribution in [0.3, 0.4) is 0 Å². The molecule has 0 radical (unpaired) electrons. The molecule has 0 N–H and O–H groups in total. The van der Waals surface area contributed by atoms with Crippen molar-refractivity contribution in [3.63, 3.8) is 0 Å². The Morgan fingerprint density at radius 3 is 2.38 bits per heavy atom. The van der Waals surface area contributed by atoms with Crippen LogP contribution < -0.4 is 0 Å². The van der Waals surface area contributed by atoms with E-state index in [1.165, 1.54) is 24.6 Å². The van der Waals surface area contributed by atoms with E-state index in [0.717, 1.165) is 38.5 Å². The predicted molar refractivity (Wildman–Crippen MR) is 83.8 cm³/mol. The van der Waals surface area contributed by atoms with Crippen molar-refractivity contribution in [2.45, 2.75) is 65.7 Å². The molecule has 3 rings (SSSR count). The summed E-state index contributed by atoms with van der Waals surface area (Å²) in [5, 5.41) is 0. The smallest absolute Gasteiger partial charge is 0.126 e. The molecule has 0 heterocycles. The molecule has 2 nitrogen and oxygen atoms in total. The maximum atomic E-state index is 11.7. The number of allylic oxidation sites excluding steroid dienone is 2. The standard InChI is InChI=1S/C19H28O2/c1-17(12-20)9-4-6-15-14(17)7-8-16-18(2,13-21)10-5-11-19(15,16)3/h6,12-14,16H,4-5,7-11H2,1-3H3/t14-,16-,17-,18-,19-/m0/s1. The van der Waals surface area contributed by atoms with E-state index in [-0.39, 0.29) is 16.2 Å². The Labute approximate surface area is 128 Å². The van der Waals surface area contributed by atoms with E-state index in [9.17, 15) is 9.59 Å². The van der Waals surface area contributed by atoms with E-state index < -0.39 is 0 Å². The number of rotatable bonds is 2. The Morgan fingerprint density at radius 2 is 1.71 bits per heavy atom. The summed E-state index contributed by atoms with van der Waals surface area (Å²) in [6.07, 6.45) is 12.3. The highest BCUT2D eigenvalue weighted by atomic mass is 16.1. The summed E-state index contributed by atoms with van der Waals surface area (Å²) in [5.74, 6) is 0.853. The fourth-order valence-electron chi connectivity index (χ4n) is 5.85. The van der Waals surface area contributed by atoms with Crippen LogP contribution in [0.25, 0.3) is 0 Å². The predicted octanol–water partition coefficient (Wildman–Crippen LogP) is 4.33. The van der Waals surface area contributed by atoms with Gasteiger partial charge in [0.1, 0.15) is 12.6 Å². The number of fused-ring (bicyclic) bond motifs is 3. The van der Waals surface area contributed by atoms with Crippen molar-refractivity contribution in [1.29, 1.82) is 0 Å². The Hall–Kier alpha value is -0.920. The Balaban J connectivity index is 2.04. The fourth-order valence-corrected chi connectivity index (χ4v) is 5.85. The van der Waals surface area contributed by atoms with Gasteiger partial charge in [0, 0.05) is 10.8 Å². The quantitative estimate of drug-likeness (QED) is 0.560. The lowest BCUT2D eigenvalue weighted by Crippen LogP contribution is -2.52. The highest BCUT2D eigenvalue weighted by molar-refractivity contribution is 5.63. The van der Waals surface area contributed by atoms with Gasteiger partial charge < -0.3 is 9.59 Å². The second kappa shape index (κ2) is 4.79. The molecule has 0 aromatic heterocycles. The van der Waals surface area contributed by atoms with Gasteiger partial charge in [-0.25, -0.2) is 0 Å². The van der Waals surface area contributed by atoms with Crippen molar-refractivity contribution in [3.8, 4) is 0 Å². The summed E-state index contributed by atoms with van der Waals surface area (Å²) in [7, 11) is 0. The van der Waals surface area contributed by atoms with Gasteiger partial charge in [-0.15, -0.1) is 0 Å². The average Bonchev–Trinajstić information content (AvgIpc) is 2.48. The molecule has 0 spiro atoms. The number of hydrogen-bond donors (Lipinski definition) is 0. The van der Waals surface area contributed by atoms with Crippen LogP contribution in [-0.2, 0) is 9.59 Å². The van der Waals surface area contributed by atoms with Crippen LogP contribution in [-0.4, -0.2) is 12.6 Å². The van der Waals surface area contributed by atoms with Crippen LogP contribution in [0.1, 0.15) is 65.7 Å². The molecule has 21 heavy (non-hydrogen) atoms. The molecule has 0 bridgehead atoms. The van der Waals surface area contributed by atoms with Crippen molar-refractivity contribution in [2.75, 3.05) is 0 Å². The van der Waals surface area contributed by atoms with Gasteiger partial charge in [0.2, 0.25) is 0 Å². The molecule has 2 heteroatoms. The summed E-state index contributed by atoms with van der Waals surface area (Å²) >= 11 is 0. The third-order valence-electron chi connectivity index (χ3n) is 7.14. The number of carbonyl (C=O) groups excluding carboxylic acids is 2. The van der Waals surface area contributed by atoms with Crippen LogP contribution >= 0.6 is 0 Å². The normalized spacial score (nSPS) is 49.6. The van der Waals surface area contributed by atoms with Crippen LogP contribution in [0.4, 0.5) is 0 Å². The van der Waals surface area contributed by atoms with Crippen molar-refractivity contribution < 1.29 is 9.59 Å². The van der Waals surface area contributed by atoms with Crippen LogP contribution in [0.5, 0.6) is 0 Å². The summed E-state index contributed by atoms with van der Waals surface area (Å²) in [4.78, 5) is 23.4. The zero-order valence-corrected chi connectivity index (χ0v) is 13.7. The maximum Gasteiger partial charge on any atom is 0.126 e. The third-order valence-corrected chi connectivity index (χ3v) is 7.14. The first-order valence-corrected chi connectivity index (χ1v) is 8.53. The monoisotopic (exact) mass is 288 g/mol. The lowest BCUT2D eigenvalue weighted by atomic mass is 9.45. The van der Waals surface area contributed by atoms with Crippen molar-refractivity contribution in [3.05, 3.63) is 11.6 Å². The molecule has 5 atom stereocenters. The summed E-state index contributed by atoms with van der Waals surface area (Å²) in [6.45, 7) is 6.67. The Morgan fingerprint density at radius 1 is 1.00 bits per heavy atom. The molecular formula is C19H28O2. The van der Waals surface area contributed by atoms with Crippen LogP contribution in [0, 0.1) is 28.1 Å². The van der Waals surface area contributed by atoms with E-state index in [0.29, 0.717) is 11.8 Å². The first kappa shape index (κ1) is 15.0. The van der Waals surface area contributed by atoms with E-state index in [2.05, 4.69) is 26.8 Å². The summed E-state index contributed by atoms with van der Waals surface area (Å²) in [5.41, 5.74) is 1.27. The molecule has 0 saturated heterocycles. The molecule has 0 unspecified atom stereocenters. The molecule has 0 amide bonds. The zero-order chi connectivity index (χ0) is 15.3. The third kappa shape index (κ3) is 1.98. The molecule has 2 fully saturated rings. The second-order valence-electron chi connectivity index (χ2n) is 8.40. The van der Waals surface area contributed by atoms with Crippen molar-refractivity contribution in [1.82, 2.24) is 0 Å². The summed E-state index contributed by atoms with van der Waals surface area (Å²) in [6, 6.07) is 0. The van der Waals surface area contributed by atoms with Gasteiger partial charge in [0.15, 0.2) is 0 Å². The van der Waals surface area contributed by atoms with Gasteiger partial charge in [-0.3, -0.25) is 0 Å². The fraction of sp³-hybridized carbons (Fsp3) is 0.789. The minimum absolute atomic E-state index is 0.127. The maximum absolute atomic E-state index is 11.7. The molecule has 116 valence electrons. The molecule has 0 aromatic rings. The SMILES string of the molecule is C[C@@]12CCC[C@@](C)(C=O)[C@@H]1CC[C@H]1C2=CCC[C@@]1(C)C=O. The van der Waals surface area contributed by atoms with E-state index in [1.807, 2.05) is 0 Å². The molecule has 3 aliphatic rings. The Bertz CT molecular complexity index is 494. The van der Waals surface area contributed by atoms with Gasteiger partial charge in [0.05, 0.1) is 0 Å². The topological polar surface area (TPSA) is 34.1 Å². The first-order valence-electron chi connectivity index (χ1n) is 8.53. The lowest BCUT2D eigenvalue weighted by Gasteiger charge is -2.59. The molecule has 3 aliphatic carbocycles. The van der Waals surface area contributed by atoms with Gasteiger partial charge in [-0.2, -0.15) is 0 Å². The number of hydrogen-bond acceptors (Lipinski definition) is 2. The van der Waals surface area contributed by atoms with Gasteiger partial charge in [0.25, 0.3) is 0 Å². The van der Waals surface area contributed by atoms with E-state index in [4.69, 9.17) is 0 Å². The molecular weight excluding hydrogens is 260 g/mol. The largest absolute Gasteiger partial charge is 0.303 e. The number of carbonyl (C=O) groups is 2. The van der Waals surface area contributed by atoms with Gasteiger partial charge in [-0.05, 0) is 55.8 Å². The molecule has 2 saturated carbocycles. The van der Waals surface area contributed by atoms with E-state index >= 15 is 0 Å². The number of aldehydes is 2. The zero-order valence-electron chi connectivity index (χ0n) is 13.7. The van der Waals surface area contributed by atoms with E-state index in [1.54, 1.807) is 0 Å².